The van der Waals surface area contributed by atoms with Crippen LogP contribution in [0.15, 0.2) is 224 Å². The summed E-state index contributed by atoms with van der Waals surface area (Å²) < 4.78 is 4.59. The molecule has 1 aliphatic rings. The molecular formula is C59H37N5S. The number of hydrogen-bond donors (Lipinski definition) is 0. The van der Waals surface area contributed by atoms with Gasteiger partial charge < -0.3 is 0 Å². The average Bonchev–Trinajstić information content (AvgIpc) is 4.06. The van der Waals surface area contributed by atoms with Crippen LogP contribution in [0.4, 0.5) is 0 Å². The van der Waals surface area contributed by atoms with Gasteiger partial charge >= 0.3 is 0 Å². The number of imidazole rings is 1. The van der Waals surface area contributed by atoms with Crippen molar-refractivity contribution < 1.29 is 0 Å². The van der Waals surface area contributed by atoms with Crippen molar-refractivity contribution in [2.24, 2.45) is 0 Å². The lowest BCUT2D eigenvalue weighted by Gasteiger charge is -2.33. The molecule has 0 fully saturated rings. The van der Waals surface area contributed by atoms with Crippen LogP contribution < -0.4 is 0 Å². The molecule has 65 heavy (non-hydrogen) atoms. The van der Waals surface area contributed by atoms with Crippen LogP contribution in [-0.4, -0.2) is 24.5 Å². The Kier molecular flexibility index (Phi) is 8.54. The molecule has 3 aromatic heterocycles. The summed E-state index contributed by atoms with van der Waals surface area (Å²) in [5, 5.41) is 2.25. The number of benzene rings is 9. The number of hydrogen-bond acceptors (Lipinski definition) is 5. The molecule has 0 atom stereocenters. The van der Waals surface area contributed by atoms with Gasteiger partial charge in [0.05, 0.1) is 16.4 Å². The zero-order valence-electron chi connectivity index (χ0n) is 35.0. The van der Waals surface area contributed by atoms with Crippen LogP contribution >= 0.6 is 11.3 Å². The summed E-state index contributed by atoms with van der Waals surface area (Å²) in [4.78, 5) is 21.5. The smallest absolute Gasteiger partial charge is 0.164 e. The SMILES string of the molecule is c1ccc(-c2nc(-c3cccc4c3-c3ccccc3C4(c3ccccc3)c3ccccc3)nc(-c3cccc4sc5c(-c6nc7ccccc7n6-c6ccccc6)cccc5c34)n2)cc1. The molecule has 9 aromatic carbocycles. The first kappa shape index (κ1) is 37.3. The highest BCUT2D eigenvalue weighted by Crippen LogP contribution is 2.58. The fourth-order valence-electron chi connectivity index (χ4n) is 10.3. The fourth-order valence-corrected chi connectivity index (χ4v) is 11.5. The van der Waals surface area contributed by atoms with E-state index in [1.165, 1.54) is 27.8 Å². The highest BCUT2D eigenvalue weighted by molar-refractivity contribution is 7.26. The zero-order chi connectivity index (χ0) is 42.9. The second-order valence-electron chi connectivity index (χ2n) is 16.5. The van der Waals surface area contributed by atoms with Crippen LogP contribution in [0.3, 0.4) is 0 Å². The van der Waals surface area contributed by atoms with Crippen molar-refractivity contribution in [1.82, 2.24) is 24.5 Å². The van der Waals surface area contributed by atoms with Gasteiger partial charge in [-0.3, -0.25) is 4.57 Å². The molecule has 0 amide bonds. The second kappa shape index (κ2) is 14.9. The van der Waals surface area contributed by atoms with E-state index in [2.05, 4.69) is 211 Å². The minimum absolute atomic E-state index is 0.553. The maximum absolute atomic E-state index is 5.51. The summed E-state index contributed by atoms with van der Waals surface area (Å²) in [5.41, 5.74) is 13.7. The largest absolute Gasteiger partial charge is 0.292 e. The van der Waals surface area contributed by atoms with E-state index in [-0.39, 0.29) is 0 Å². The summed E-state index contributed by atoms with van der Waals surface area (Å²) in [6, 6.07) is 79.5. The van der Waals surface area contributed by atoms with Crippen molar-refractivity contribution in [2.75, 3.05) is 0 Å². The number of aromatic nitrogens is 5. The molecule has 304 valence electrons. The molecule has 0 saturated heterocycles. The van der Waals surface area contributed by atoms with Gasteiger partial charge in [0.1, 0.15) is 5.82 Å². The first-order chi connectivity index (χ1) is 32.3. The Hall–Kier alpha value is -8.32. The van der Waals surface area contributed by atoms with Gasteiger partial charge in [0.2, 0.25) is 0 Å². The van der Waals surface area contributed by atoms with Crippen molar-refractivity contribution in [2.45, 2.75) is 5.41 Å². The average molecular weight is 848 g/mol. The normalized spacial score (nSPS) is 12.7. The van der Waals surface area contributed by atoms with Gasteiger partial charge in [-0.05, 0) is 69.8 Å². The second-order valence-corrected chi connectivity index (χ2v) is 17.5. The van der Waals surface area contributed by atoms with Crippen molar-refractivity contribution >= 4 is 42.5 Å². The molecule has 1 aliphatic carbocycles. The summed E-state index contributed by atoms with van der Waals surface area (Å²) in [6.07, 6.45) is 0. The quantitative estimate of drug-likeness (QED) is 0.160. The van der Waals surface area contributed by atoms with E-state index in [0.29, 0.717) is 17.5 Å². The highest BCUT2D eigenvalue weighted by Gasteiger charge is 2.47. The molecule has 6 heteroatoms. The lowest BCUT2D eigenvalue weighted by Crippen LogP contribution is -2.28. The Morgan fingerprint density at radius 2 is 0.954 bits per heavy atom. The Balaban J connectivity index is 1.06. The lowest BCUT2D eigenvalue weighted by molar-refractivity contribution is 0.768. The Bertz CT molecular complexity index is 3730. The minimum atomic E-state index is -0.553. The molecule has 12 aromatic rings. The summed E-state index contributed by atoms with van der Waals surface area (Å²) >= 11 is 1.79. The monoisotopic (exact) mass is 847 g/mol. The third-order valence-electron chi connectivity index (χ3n) is 13.0. The van der Waals surface area contributed by atoms with Gasteiger partial charge in [0.25, 0.3) is 0 Å². The Morgan fingerprint density at radius 1 is 0.400 bits per heavy atom. The van der Waals surface area contributed by atoms with E-state index in [9.17, 15) is 0 Å². The number of para-hydroxylation sites is 3. The Morgan fingerprint density at radius 3 is 1.72 bits per heavy atom. The molecule has 13 rings (SSSR count). The van der Waals surface area contributed by atoms with E-state index >= 15 is 0 Å². The molecule has 0 N–H and O–H groups in total. The van der Waals surface area contributed by atoms with Crippen molar-refractivity contribution in [1.29, 1.82) is 0 Å². The molecule has 0 aliphatic heterocycles. The van der Waals surface area contributed by atoms with Crippen molar-refractivity contribution in [3.63, 3.8) is 0 Å². The third kappa shape index (κ3) is 5.71. The molecular weight excluding hydrogens is 811 g/mol. The topological polar surface area (TPSA) is 56.5 Å². The number of fused-ring (bicyclic) bond motifs is 7. The van der Waals surface area contributed by atoms with Crippen LogP contribution in [-0.2, 0) is 5.41 Å². The predicted octanol–water partition coefficient (Wildman–Crippen LogP) is 14.6. The lowest BCUT2D eigenvalue weighted by atomic mass is 9.67. The molecule has 0 saturated carbocycles. The van der Waals surface area contributed by atoms with Crippen molar-refractivity contribution in [3.8, 4) is 62.4 Å². The predicted molar refractivity (Wildman–Crippen MR) is 266 cm³/mol. The number of rotatable bonds is 7. The van der Waals surface area contributed by atoms with E-state index < -0.39 is 5.41 Å². The zero-order valence-corrected chi connectivity index (χ0v) is 35.8. The third-order valence-corrected chi connectivity index (χ3v) is 14.2. The number of nitrogens with zero attached hydrogens (tertiary/aromatic N) is 5. The Labute approximate surface area is 379 Å². The van der Waals surface area contributed by atoms with E-state index in [1.54, 1.807) is 11.3 Å². The maximum atomic E-state index is 5.51. The van der Waals surface area contributed by atoms with Crippen LogP contribution in [0.5, 0.6) is 0 Å². The molecule has 0 radical (unpaired) electrons. The molecule has 5 nitrogen and oxygen atoms in total. The van der Waals surface area contributed by atoms with Crippen LogP contribution in [0, 0.1) is 0 Å². The summed E-state index contributed by atoms with van der Waals surface area (Å²) in [5.74, 6) is 2.79. The molecule has 0 bridgehead atoms. The van der Waals surface area contributed by atoms with Crippen LogP contribution in [0.25, 0.3) is 93.6 Å². The standard InChI is InChI=1S/C59H37N5S/c1-5-20-38(21-6-1)55-61-56(44-30-18-34-48-52(44)42-28-13-14-33-47(42)59(48,39-22-7-2-8-23-39)40-24-9-3-10-25-40)63-57(62-55)45-31-19-37-51-53(45)43-29-17-32-46(54(43)65-51)58-60-49-35-15-16-36-50(49)64(58)41-26-11-4-12-27-41/h1-37H. The minimum Gasteiger partial charge on any atom is -0.292 e. The molecule has 0 unspecified atom stereocenters. The maximum Gasteiger partial charge on any atom is 0.164 e. The summed E-state index contributed by atoms with van der Waals surface area (Å²) in [6.45, 7) is 0. The van der Waals surface area contributed by atoms with E-state index in [1.807, 2.05) is 18.2 Å². The number of thiophene rings is 1. The summed E-state index contributed by atoms with van der Waals surface area (Å²) in [7, 11) is 0. The van der Waals surface area contributed by atoms with Gasteiger partial charge in [0.15, 0.2) is 17.5 Å². The molecule has 0 spiro atoms. The first-order valence-corrected chi connectivity index (χ1v) is 22.7. The molecule has 3 heterocycles. The van der Waals surface area contributed by atoms with Gasteiger partial charge in [-0.2, -0.15) is 0 Å². The van der Waals surface area contributed by atoms with Gasteiger partial charge in [0, 0.05) is 48.1 Å². The van der Waals surface area contributed by atoms with Gasteiger partial charge in [-0.15, -0.1) is 11.3 Å². The van der Waals surface area contributed by atoms with Gasteiger partial charge in [-0.25, -0.2) is 19.9 Å². The van der Waals surface area contributed by atoms with E-state index in [4.69, 9.17) is 19.9 Å². The van der Waals surface area contributed by atoms with Crippen LogP contribution in [0.2, 0.25) is 0 Å². The van der Waals surface area contributed by atoms with Crippen molar-refractivity contribution in [3.05, 3.63) is 247 Å². The van der Waals surface area contributed by atoms with E-state index in [0.717, 1.165) is 70.5 Å². The van der Waals surface area contributed by atoms with Crippen LogP contribution in [0.1, 0.15) is 22.3 Å². The fraction of sp³-hybridized carbons (Fsp3) is 0.0169. The highest BCUT2D eigenvalue weighted by atomic mass is 32.1. The van der Waals surface area contributed by atoms with Gasteiger partial charge in [-0.1, -0.05) is 188 Å². The first-order valence-electron chi connectivity index (χ1n) is 21.9.